The minimum atomic E-state index is 0.0323. The van der Waals surface area contributed by atoms with Crippen LogP contribution in [0.4, 0.5) is 5.69 Å². The standard InChI is InChI=1S/C17H26N2O/c1-12-9-13(11-17(2,3)10-12)19-16(20)14-7-5-6-8-15(14)18-4/h5-8,12-13,18H,9-11H2,1-4H3,(H,19,20)/t12-,13-/m1/s1. The molecule has 0 radical (unpaired) electrons. The molecule has 0 heterocycles. The summed E-state index contributed by atoms with van der Waals surface area (Å²) in [5, 5.41) is 6.29. The van der Waals surface area contributed by atoms with Gasteiger partial charge in [-0.1, -0.05) is 32.9 Å². The van der Waals surface area contributed by atoms with Crippen LogP contribution in [0.5, 0.6) is 0 Å². The number of hydrogen-bond acceptors (Lipinski definition) is 2. The fourth-order valence-corrected chi connectivity index (χ4v) is 3.62. The Morgan fingerprint density at radius 2 is 1.95 bits per heavy atom. The van der Waals surface area contributed by atoms with Gasteiger partial charge in [0.15, 0.2) is 0 Å². The molecule has 2 atom stereocenters. The van der Waals surface area contributed by atoms with Crippen LogP contribution in [0, 0.1) is 11.3 Å². The van der Waals surface area contributed by atoms with E-state index in [1.165, 1.54) is 6.42 Å². The number of amides is 1. The first-order valence-corrected chi connectivity index (χ1v) is 7.49. The maximum Gasteiger partial charge on any atom is 0.253 e. The average Bonchev–Trinajstić information content (AvgIpc) is 2.36. The second-order valence-electron chi connectivity index (χ2n) is 6.88. The van der Waals surface area contributed by atoms with Crippen molar-refractivity contribution in [3.05, 3.63) is 29.8 Å². The molecule has 0 unspecified atom stereocenters. The molecule has 0 aliphatic heterocycles. The van der Waals surface area contributed by atoms with Gasteiger partial charge in [0.1, 0.15) is 0 Å². The van der Waals surface area contributed by atoms with Gasteiger partial charge in [0, 0.05) is 18.8 Å². The molecule has 0 saturated heterocycles. The van der Waals surface area contributed by atoms with Crippen LogP contribution in [0.25, 0.3) is 0 Å². The Morgan fingerprint density at radius 1 is 1.25 bits per heavy atom. The van der Waals surface area contributed by atoms with E-state index in [0.717, 1.165) is 24.1 Å². The predicted molar refractivity (Wildman–Crippen MR) is 84.0 cm³/mol. The lowest BCUT2D eigenvalue weighted by Crippen LogP contribution is -2.43. The maximum atomic E-state index is 12.5. The van der Waals surface area contributed by atoms with Crippen LogP contribution in [0.15, 0.2) is 24.3 Å². The van der Waals surface area contributed by atoms with E-state index in [9.17, 15) is 4.79 Å². The molecule has 1 aliphatic rings. The summed E-state index contributed by atoms with van der Waals surface area (Å²) < 4.78 is 0. The molecule has 1 fully saturated rings. The second-order valence-corrected chi connectivity index (χ2v) is 6.88. The molecule has 1 aromatic carbocycles. The molecule has 0 aromatic heterocycles. The molecule has 2 N–H and O–H groups in total. The lowest BCUT2D eigenvalue weighted by Gasteiger charge is -2.39. The van der Waals surface area contributed by atoms with Crippen molar-refractivity contribution < 1.29 is 4.79 Å². The third kappa shape index (κ3) is 3.53. The molecular formula is C17H26N2O. The number of rotatable bonds is 3. The zero-order chi connectivity index (χ0) is 14.8. The first-order chi connectivity index (χ1) is 9.41. The van der Waals surface area contributed by atoms with E-state index in [4.69, 9.17) is 0 Å². The van der Waals surface area contributed by atoms with Gasteiger partial charge in [-0.2, -0.15) is 0 Å². The smallest absolute Gasteiger partial charge is 0.253 e. The Hall–Kier alpha value is -1.51. The summed E-state index contributed by atoms with van der Waals surface area (Å²) in [4.78, 5) is 12.5. The fourth-order valence-electron chi connectivity index (χ4n) is 3.62. The van der Waals surface area contributed by atoms with Gasteiger partial charge in [0.25, 0.3) is 5.91 Å². The SMILES string of the molecule is CNc1ccccc1C(=O)N[C@@H]1C[C@@H](C)CC(C)(C)C1. The fraction of sp³-hybridized carbons (Fsp3) is 0.588. The molecule has 20 heavy (non-hydrogen) atoms. The molecule has 110 valence electrons. The maximum absolute atomic E-state index is 12.5. The van der Waals surface area contributed by atoms with Gasteiger partial charge in [0.05, 0.1) is 5.56 Å². The number of nitrogens with one attached hydrogen (secondary N) is 2. The molecular weight excluding hydrogens is 248 g/mol. The van der Waals surface area contributed by atoms with Crippen LogP contribution in [0.3, 0.4) is 0 Å². The van der Waals surface area contributed by atoms with Crippen LogP contribution >= 0.6 is 0 Å². The number of anilines is 1. The van der Waals surface area contributed by atoms with Crippen molar-refractivity contribution in [1.82, 2.24) is 5.32 Å². The van der Waals surface area contributed by atoms with Crippen molar-refractivity contribution in [2.24, 2.45) is 11.3 Å². The minimum absolute atomic E-state index is 0.0323. The Kier molecular flexibility index (Phi) is 4.36. The zero-order valence-electron chi connectivity index (χ0n) is 13.0. The molecule has 1 saturated carbocycles. The number of carbonyl (C=O) groups is 1. The van der Waals surface area contributed by atoms with Crippen molar-refractivity contribution in [1.29, 1.82) is 0 Å². The lowest BCUT2D eigenvalue weighted by molar-refractivity contribution is 0.0875. The molecule has 3 heteroatoms. The monoisotopic (exact) mass is 274 g/mol. The van der Waals surface area contributed by atoms with E-state index in [1.54, 1.807) is 0 Å². The normalized spacial score (nSPS) is 25.0. The number of hydrogen-bond donors (Lipinski definition) is 2. The minimum Gasteiger partial charge on any atom is -0.387 e. The van der Waals surface area contributed by atoms with Crippen molar-refractivity contribution in [2.45, 2.75) is 46.1 Å². The van der Waals surface area contributed by atoms with Crippen LogP contribution in [0.2, 0.25) is 0 Å². The van der Waals surface area contributed by atoms with E-state index in [2.05, 4.69) is 31.4 Å². The van der Waals surface area contributed by atoms with Crippen molar-refractivity contribution in [2.75, 3.05) is 12.4 Å². The summed E-state index contributed by atoms with van der Waals surface area (Å²) >= 11 is 0. The van der Waals surface area contributed by atoms with Crippen molar-refractivity contribution in [3.8, 4) is 0 Å². The summed E-state index contributed by atoms with van der Waals surface area (Å²) in [5.74, 6) is 0.702. The highest BCUT2D eigenvalue weighted by Crippen LogP contribution is 2.38. The molecule has 1 aromatic rings. The highest BCUT2D eigenvalue weighted by Gasteiger charge is 2.32. The summed E-state index contributed by atoms with van der Waals surface area (Å²) in [6, 6.07) is 7.93. The Labute approximate surface area is 122 Å². The molecule has 0 spiro atoms. The van der Waals surface area contributed by atoms with Crippen LogP contribution in [-0.2, 0) is 0 Å². The number of para-hydroxylation sites is 1. The lowest BCUT2D eigenvalue weighted by atomic mass is 9.70. The molecule has 3 nitrogen and oxygen atoms in total. The van der Waals surface area contributed by atoms with Gasteiger partial charge in [-0.15, -0.1) is 0 Å². The first-order valence-electron chi connectivity index (χ1n) is 7.49. The highest BCUT2D eigenvalue weighted by molar-refractivity contribution is 5.99. The third-order valence-corrected chi connectivity index (χ3v) is 4.16. The van der Waals surface area contributed by atoms with Gasteiger partial charge in [0.2, 0.25) is 0 Å². The molecule has 0 bridgehead atoms. The number of benzene rings is 1. The average molecular weight is 274 g/mol. The quantitative estimate of drug-likeness (QED) is 0.883. The van der Waals surface area contributed by atoms with Crippen molar-refractivity contribution in [3.63, 3.8) is 0 Å². The zero-order valence-corrected chi connectivity index (χ0v) is 13.0. The van der Waals surface area contributed by atoms with Crippen molar-refractivity contribution >= 4 is 11.6 Å². The van der Waals surface area contributed by atoms with E-state index >= 15 is 0 Å². The Balaban J connectivity index is 2.08. The van der Waals surface area contributed by atoms with Crippen LogP contribution in [0.1, 0.15) is 50.4 Å². The van der Waals surface area contributed by atoms with E-state index < -0.39 is 0 Å². The molecule has 1 amide bonds. The topological polar surface area (TPSA) is 41.1 Å². The van der Waals surface area contributed by atoms with E-state index in [1.807, 2.05) is 31.3 Å². The van der Waals surface area contributed by atoms with Gasteiger partial charge >= 0.3 is 0 Å². The van der Waals surface area contributed by atoms with E-state index in [0.29, 0.717) is 11.3 Å². The predicted octanol–water partition coefficient (Wildman–Crippen LogP) is 3.67. The van der Waals surface area contributed by atoms with Crippen LogP contribution in [-0.4, -0.2) is 19.0 Å². The largest absolute Gasteiger partial charge is 0.387 e. The summed E-state index contributed by atoms with van der Waals surface area (Å²) in [7, 11) is 1.85. The van der Waals surface area contributed by atoms with Gasteiger partial charge in [-0.25, -0.2) is 0 Å². The van der Waals surface area contributed by atoms with Gasteiger partial charge in [-0.05, 0) is 42.7 Å². The van der Waals surface area contributed by atoms with Crippen LogP contribution < -0.4 is 10.6 Å². The summed E-state index contributed by atoms with van der Waals surface area (Å²) in [6.45, 7) is 6.87. The van der Waals surface area contributed by atoms with E-state index in [-0.39, 0.29) is 11.9 Å². The third-order valence-electron chi connectivity index (χ3n) is 4.16. The molecule has 2 rings (SSSR count). The molecule has 1 aliphatic carbocycles. The summed E-state index contributed by atoms with van der Waals surface area (Å²) in [6.07, 6.45) is 3.38. The summed E-state index contributed by atoms with van der Waals surface area (Å²) in [5.41, 5.74) is 1.93. The Bertz CT molecular complexity index is 482. The van der Waals surface area contributed by atoms with Gasteiger partial charge < -0.3 is 10.6 Å². The van der Waals surface area contributed by atoms with Gasteiger partial charge in [-0.3, -0.25) is 4.79 Å². The highest BCUT2D eigenvalue weighted by atomic mass is 16.1. The Morgan fingerprint density at radius 3 is 2.60 bits per heavy atom. The first kappa shape index (κ1) is 14.9. The second kappa shape index (κ2) is 5.86. The number of carbonyl (C=O) groups excluding carboxylic acids is 1.